The van der Waals surface area contributed by atoms with Crippen LogP contribution in [0.2, 0.25) is 0 Å². The molecular weight excluding hydrogens is 454 g/mol. The molecule has 8 nitrogen and oxygen atoms in total. The van der Waals surface area contributed by atoms with E-state index in [1.165, 1.54) is 24.9 Å². The Balaban J connectivity index is 1.82. The summed E-state index contributed by atoms with van der Waals surface area (Å²) >= 11 is 2.35. The quantitative estimate of drug-likeness (QED) is 0.466. The number of ether oxygens (including phenoxy) is 2. The fourth-order valence-corrected chi connectivity index (χ4v) is 6.82. The van der Waals surface area contributed by atoms with Crippen molar-refractivity contribution in [2.24, 2.45) is 5.92 Å². The number of carboxylic acids is 2. The molecule has 1 fully saturated rings. The average Bonchev–Trinajstić information content (AvgIpc) is 3.32. The Morgan fingerprint density at radius 1 is 1.06 bits per heavy atom. The standard InChI is InChI=1S/C22H23NO7S2/c1-29-22(28)23(10-12-6-3-2-4-7-12)14-9-5-8-13-17(14)31-19-16(30-11-15(24)25)20(21(26)27)32-18(13)19/h5,8-9,12H,2-4,6-7,10-11H2,1H3,(H,24,25)(H,26,27). The summed E-state index contributed by atoms with van der Waals surface area (Å²) in [7, 11) is 1.36. The number of aromatic carboxylic acids is 1. The predicted octanol–water partition coefficient (Wildman–Crippen LogP) is 5.43. The minimum atomic E-state index is -1.19. The third-order valence-electron chi connectivity index (χ3n) is 5.65. The van der Waals surface area contributed by atoms with Gasteiger partial charge in [-0.25, -0.2) is 14.4 Å². The lowest BCUT2D eigenvalue weighted by atomic mass is 9.89. The van der Waals surface area contributed by atoms with Crippen molar-refractivity contribution in [1.29, 1.82) is 0 Å². The topological polar surface area (TPSA) is 113 Å². The van der Waals surface area contributed by atoms with E-state index < -0.39 is 24.6 Å². The van der Waals surface area contributed by atoms with Crippen LogP contribution in [-0.4, -0.2) is 48.5 Å². The first kappa shape index (κ1) is 22.3. The second-order valence-electron chi connectivity index (χ2n) is 7.75. The van der Waals surface area contributed by atoms with E-state index >= 15 is 0 Å². The molecule has 0 aliphatic heterocycles. The number of thiophene rings is 2. The molecule has 2 N–H and O–H groups in total. The van der Waals surface area contributed by atoms with Gasteiger partial charge in [-0.05, 0) is 24.8 Å². The number of hydrogen-bond acceptors (Lipinski definition) is 7. The van der Waals surface area contributed by atoms with Crippen molar-refractivity contribution in [2.75, 3.05) is 25.2 Å². The van der Waals surface area contributed by atoms with Crippen LogP contribution < -0.4 is 9.64 Å². The van der Waals surface area contributed by atoms with Gasteiger partial charge >= 0.3 is 18.0 Å². The van der Waals surface area contributed by atoms with Gasteiger partial charge < -0.3 is 19.7 Å². The molecule has 1 amide bonds. The maximum absolute atomic E-state index is 12.7. The molecule has 0 spiro atoms. The lowest BCUT2D eigenvalue weighted by molar-refractivity contribution is -0.139. The first-order valence-electron chi connectivity index (χ1n) is 10.3. The first-order valence-corrected chi connectivity index (χ1v) is 12.0. The Morgan fingerprint density at radius 3 is 2.47 bits per heavy atom. The molecule has 2 heterocycles. The summed E-state index contributed by atoms with van der Waals surface area (Å²) in [6, 6.07) is 5.56. The van der Waals surface area contributed by atoms with Gasteiger partial charge in [0, 0.05) is 11.9 Å². The monoisotopic (exact) mass is 477 g/mol. The number of carbonyl (C=O) groups excluding carboxylic acids is 1. The van der Waals surface area contributed by atoms with Gasteiger partial charge in [-0.3, -0.25) is 4.90 Å². The van der Waals surface area contributed by atoms with Crippen LogP contribution in [0.3, 0.4) is 0 Å². The highest BCUT2D eigenvalue weighted by Crippen LogP contribution is 2.49. The molecule has 1 aliphatic rings. The highest BCUT2D eigenvalue weighted by Gasteiger charge is 2.28. The minimum absolute atomic E-state index is 0.0353. The maximum atomic E-state index is 12.7. The number of carboxylic acid groups (broad SMARTS) is 2. The van der Waals surface area contributed by atoms with Gasteiger partial charge in [0.1, 0.15) is 0 Å². The first-order chi connectivity index (χ1) is 15.4. The highest BCUT2D eigenvalue weighted by molar-refractivity contribution is 7.34. The number of rotatable bonds is 7. The van der Waals surface area contributed by atoms with Crippen LogP contribution in [0.1, 0.15) is 41.8 Å². The molecule has 32 heavy (non-hydrogen) atoms. The van der Waals surface area contributed by atoms with Crippen LogP contribution in [0.15, 0.2) is 18.2 Å². The van der Waals surface area contributed by atoms with Crippen LogP contribution in [-0.2, 0) is 9.53 Å². The third kappa shape index (κ3) is 4.24. The molecule has 1 aliphatic carbocycles. The number of carbonyl (C=O) groups is 3. The lowest BCUT2D eigenvalue weighted by Gasteiger charge is -2.29. The molecule has 1 aromatic carbocycles. The van der Waals surface area contributed by atoms with Gasteiger partial charge in [0.2, 0.25) is 0 Å². The van der Waals surface area contributed by atoms with E-state index in [4.69, 9.17) is 14.6 Å². The van der Waals surface area contributed by atoms with Gasteiger partial charge in [0.05, 0.1) is 26.9 Å². The lowest BCUT2D eigenvalue weighted by Crippen LogP contribution is -2.36. The third-order valence-corrected chi connectivity index (χ3v) is 8.20. The Labute approximate surface area is 192 Å². The van der Waals surface area contributed by atoms with Crippen LogP contribution in [0, 0.1) is 5.92 Å². The van der Waals surface area contributed by atoms with E-state index in [0.717, 1.165) is 47.1 Å². The highest BCUT2D eigenvalue weighted by atomic mass is 32.1. The van der Waals surface area contributed by atoms with Crippen molar-refractivity contribution >= 4 is 65.9 Å². The van der Waals surface area contributed by atoms with Crippen molar-refractivity contribution < 1.29 is 34.1 Å². The Kier molecular flexibility index (Phi) is 6.52. The number of hydrogen-bond donors (Lipinski definition) is 2. The molecule has 0 unspecified atom stereocenters. The Hall–Kier alpha value is -2.85. The van der Waals surface area contributed by atoms with Crippen molar-refractivity contribution in [2.45, 2.75) is 32.1 Å². The van der Waals surface area contributed by atoms with Crippen molar-refractivity contribution in [1.82, 2.24) is 0 Å². The summed E-state index contributed by atoms with van der Waals surface area (Å²) in [5, 5.41) is 19.4. The van der Waals surface area contributed by atoms with E-state index in [9.17, 15) is 19.5 Å². The van der Waals surface area contributed by atoms with E-state index in [-0.39, 0.29) is 10.6 Å². The van der Waals surface area contributed by atoms with Gasteiger partial charge in [0.25, 0.3) is 0 Å². The molecule has 3 aromatic rings. The van der Waals surface area contributed by atoms with Gasteiger partial charge in [-0.2, -0.15) is 0 Å². The largest absolute Gasteiger partial charge is 0.479 e. The number of fused-ring (bicyclic) bond motifs is 3. The molecule has 170 valence electrons. The molecule has 2 aromatic heterocycles. The van der Waals surface area contributed by atoms with Crippen LogP contribution in [0.4, 0.5) is 10.5 Å². The molecule has 4 rings (SSSR count). The van der Waals surface area contributed by atoms with Gasteiger partial charge in [-0.15, -0.1) is 22.7 Å². The molecule has 10 heteroatoms. The fraction of sp³-hybridized carbons (Fsp3) is 0.409. The molecule has 0 radical (unpaired) electrons. The molecule has 0 bridgehead atoms. The zero-order valence-electron chi connectivity index (χ0n) is 17.5. The van der Waals surface area contributed by atoms with E-state index in [0.29, 0.717) is 27.5 Å². The number of anilines is 1. The summed E-state index contributed by atoms with van der Waals surface area (Å²) in [4.78, 5) is 37.1. The molecule has 0 atom stereocenters. The van der Waals surface area contributed by atoms with Gasteiger partial charge in [-0.1, -0.05) is 31.4 Å². The van der Waals surface area contributed by atoms with Crippen molar-refractivity contribution in [3.8, 4) is 5.75 Å². The molecular formula is C22H23NO7S2. The maximum Gasteiger partial charge on any atom is 0.414 e. The number of aliphatic carboxylic acids is 1. The van der Waals surface area contributed by atoms with E-state index in [1.807, 2.05) is 18.2 Å². The number of amides is 1. The summed E-state index contributed by atoms with van der Waals surface area (Å²) in [6.45, 7) is -0.0801. The van der Waals surface area contributed by atoms with Crippen molar-refractivity contribution in [3.05, 3.63) is 23.1 Å². The van der Waals surface area contributed by atoms with Crippen LogP contribution in [0.5, 0.6) is 5.75 Å². The zero-order chi connectivity index (χ0) is 22.8. The second-order valence-corrected chi connectivity index (χ2v) is 9.79. The molecule has 1 saturated carbocycles. The SMILES string of the molecule is COC(=O)N(CC1CCCCC1)c1cccc2c1sc1c(OCC(=O)O)c(C(=O)O)sc12. The van der Waals surface area contributed by atoms with Gasteiger partial charge in [0.15, 0.2) is 17.2 Å². The minimum Gasteiger partial charge on any atom is -0.479 e. The van der Waals surface area contributed by atoms with Crippen LogP contribution in [0.25, 0.3) is 19.5 Å². The van der Waals surface area contributed by atoms with Crippen molar-refractivity contribution in [3.63, 3.8) is 0 Å². The van der Waals surface area contributed by atoms with Crippen LogP contribution >= 0.6 is 22.7 Å². The number of benzene rings is 1. The van der Waals surface area contributed by atoms with E-state index in [1.54, 1.807) is 4.90 Å². The average molecular weight is 478 g/mol. The number of methoxy groups -OCH3 is 1. The summed E-state index contributed by atoms with van der Waals surface area (Å²) in [6.07, 6.45) is 5.22. The summed E-state index contributed by atoms with van der Waals surface area (Å²) in [5.41, 5.74) is 0.703. The smallest absolute Gasteiger partial charge is 0.414 e. The Morgan fingerprint density at radius 2 is 1.81 bits per heavy atom. The zero-order valence-corrected chi connectivity index (χ0v) is 19.1. The predicted molar refractivity (Wildman–Crippen MR) is 124 cm³/mol. The fourth-order valence-electron chi connectivity index (χ4n) is 4.21. The summed E-state index contributed by atoms with van der Waals surface area (Å²) in [5.74, 6) is -1.90. The summed E-state index contributed by atoms with van der Waals surface area (Å²) < 4.78 is 12.5. The normalized spacial score (nSPS) is 14.5. The number of nitrogens with zero attached hydrogens (tertiary/aromatic N) is 1. The van der Waals surface area contributed by atoms with E-state index in [2.05, 4.69) is 0 Å². The molecule has 0 saturated heterocycles. The Bertz CT molecular complexity index is 1180. The second kappa shape index (κ2) is 9.33.